The third-order valence-corrected chi connectivity index (χ3v) is 2.70. The Hall–Kier alpha value is -2.23. The number of carboxylic acid groups (broad SMARTS) is 1. The van der Waals surface area contributed by atoms with E-state index in [0.717, 1.165) is 6.07 Å². The van der Waals surface area contributed by atoms with Gasteiger partial charge in [0.15, 0.2) is 0 Å². The summed E-state index contributed by atoms with van der Waals surface area (Å²) in [6.45, 7) is 1.60. The summed E-state index contributed by atoms with van der Waals surface area (Å²) in [5.41, 5.74) is 0.813. The van der Waals surface area contributed by atoms with Crippen molar-refractivity contribution in [3.05, 3.63) is 59.2 Å². The van der Waals surface area contributed by atoms with Crippen LogP contribution in [-0.4, -0.2) is 11.1 Å². The van der Waals surface area contributed by atoms with E-state index in [2.05, 4.69) is 0 Å². The summed E-state index contributed by atoms with van der Waals surface area (Å²) in [5, 5.41) is 8.85. The Bertz CT molecular complexity index is 621. The zero-order valence-corrected chi connectivity index (χ0v) is 9.58. The molecule has 0 heterocycles. The molecule has 0 saturated heterocycles. The zero-order valence-electron chi connectivity index (χ0n) is 9.58. The van der Waals surface area contributed by atoms with Crippen LogP contribution in [0.5, 0.6) is 0 Å². The molecule has 0 aromatic heterocycles. The summed E-state index contributed by atoms with van der Waals surface area (Å²) in [6.07, 6.45) is 0. The van der Waals surface area contributed by atoms with Crippen LogP contribution in [0.1, 0.15) is 15.9 Å². The fourth-order valence-corrected chi connectivity index (χ4v) is 1.64. The molecule has 0 aliphatic carbocycles. The number of carboxylic acids is 1. The van der Waals surface area contributed by atoms with Gasteiger partial charge in [-0.05, 0) is 42.3 Å². The molecule has 18 heavy (non-hydrogen) atoms. The zero-order chi connectivity index (χ0) is 13.3. The smallest absolute Gasteiger partial charge is 0.335 e. The van der Waals surface area contributed by atoms with Crippen LogP contribution >= 0.6 is 0 Å². The molecular formula is C14H10F2O2. The van der Waals surface area contributed by atoms with Gasteiger partial charge in [-0.25, -0.2) is 13.6 Å². The van der Waals surface area contributed by atoms with Crippen LogP contribution in [-0.2, 0) is 0 Å². The summed E-state index contributed by atoms with van der Waals surface area (Å²) in [5.74, 6) is -2.18. The predicted octanol–water partition coefficient (Wildman–Crippen LogP) is 3.64. The molecule has 0 aliphatic heterocycles. The van der Waals surface area contributed by atoms with E-state index < -0.39 is 17.6 Å². The van der Waals surface area contributed by atoms with Crippen LogP contribution < -0.4 is 0 Å². The molecule has 4 heteroatoms. The van der Waals surface area contributed by atoms with E-state index in [0.29, 0.717) is 11.1 Å². The molecule has 0 radical (unpaired) electrons. The van der Waals surface area contributed by atoms with Gasteiger partial charge in [0, 0.05) is 5.56 Å². The monoisotopic (exact) mass is 248 g/mol. The summed E-state index contributed by atoms with van der Waals surface area (Å²) in [7, 11) is 0. The first-order chi connectivity index (χ1) is 8.49. The van der Waals surface area contributed by atoms with Gasteiger partial charge in [0.25, 0.3) is 0 Å². The van der Waals surface area contributed by atoms with Crippen LogP contribution in [0.25, 0.3) is 11.1 Å². The Morgan fingerprint density at radius 2 is 1.78 bits per heavy atom. The van der Waals surface area contributed by atoms with Gasteiger partial charge >= 0.3 is 5.97 Å². The van der Waals surface area contributed by atoms with Crippen molar-refractivity contribution in [2.45, 2.75) is 6.92 Å². The predicted molar refractivity (Wildman–Crippen MR) is 63.5 cm³/mol. The van der Waals surface area contributed by atoms with E-state index in [-0.39, 0.29) is 11.1 Å². The molecular weight excluding hydrogens is 238 g/mol. The van der Waals surface area contributed by atoms with Crippen molar-refractivity contribution in [1.29, 1.82) is 0 Å². The van der Waals surface area contributed by atoms with Crippen LogP contribution in [0.3, 0.4) is 0 Å². The van der Waals surface area contributed by atoms with Crippen molar-refractivity contribution >= 4 is 5.97 Å². The topological polar surface area (TPSA) is 37.3 Å². The minimum atomic E-state index is -1.15. The van der Waals surface area contributed by atoms with Crippen LogP contribution in [0.2, 0.25) is 0 Å². The first kappa shape index (κ1) is 12.2. The number of halogens is 2. The van der Waals surface area contributed by atoms with Gasteiger partial charge in [-0.2, -0.15) is 0 Å². The summed E-state index contributed by atoms with van der Waals surface area (Å²) in [6, 6.07) is 7.71. The molecule has 0 saturated carbocycles. The maximum Gasteiger partial charge on any atom is 0.335 e. The highest BCUT2D eigenvalue weighted by molar-refractivity contribution is 5.89. The van der Waals surface area contributed by atoms with E-state index in [1.807, 2.05) is 0 Å². The highest BCUT2D eigenvalue weighted by atomic mass is 19.1. The van der Waals surface area contributed by atoms with Crippen molar-refractivity contribution in [2.75, 3.05) is 0 Å². The lowest BCUT2D eigenvalue weighted by Gasteiger charge is -2.06. The van der Waals surface area contributed by atoms with Crippen molar-refractivity contribution < 1.29 is 18.7 Å². The lowest BCUT2D eigenvalue weighted by atomic mass is 10.0. The highest BCUT2D eigenvalue weighted by Gasteiger charge is 2.11. The fraction of sp³-hybridized carbons (Fsp3) is 0.0714. The van der Waals surface area contributed by atoms with Crippen LogP contribution in [0.4, 0.5) is 8.78 Å². The normalized spacial score (nSPS) is 10.4. The quantitative estimate of drug-likeness (QED) is 0.880. The molecule has 1 N–H and O–H groups in total. The number of aryl methyl sites for hydroxylation is 1. The third-order valence-electron chi connectivity index (χ3n) is 2.70. The maximum absolute atomic E-state index is 13.6. The molecule has 2 nitrogen and oxygen atoms in total. The maximum atomic E-state index is 13.6. The molecule has 0 amide bonds. The molecule has 0 bridgehead atoms. The Balaban J connectivity index is 2.58. The largest absolute Gasteiger partial charge is 0.478 e. The number of hydrogen-bond donors (Lipinski definition) is 1. The molecule has 2 aromatic carbocycles. The van der Waals surface area contributed by atoms with E-state index in [9.17, 15) is 13.6 Å². The molecule has 0 aliphatic rings. The second-order valence-electron chi connectivity index (χ2n) is 3.96. The summed E-state index contributed by atoms with van der Waals surface area (Å²) < 4.78 is 27.1. The fourth-order valence-electron chi connectivity index (χ4n) is 1.64. The van der Waals surface area contributed by atoms with Crippen molar-refractivity contribution in [3.63, 3.8) is 0 Å². The standard InChI is InChI=1S/C14H10F2O2/c1-8-2-3-9(7-13(8)16)11-6-10(14(17)18)4-5-12(11)15/h2-7H,1H3,(H,17,18). The minimum absolute atomic E-state index is 0.0348. The molecule has 0 spiro atoms. The summed E-state index contributed by atoms with van der Waals surface area (Å²) >= 11 is 0. The van der Waals surface area contributed by atoms with Crippen LogP contribution in [0, 0.1) is 18.6 Å². The SMILES string of the molecule is Cc1ccc(-c2cc(C(=O)O)ccc2F)cc1F. The second kappa shape index (κ2) is 4.56. The molecule has 0 unspecified atom stereocenters. The Morgan fingerprint density at radius 3 is 2.39 bits per heavy atom. The molecule has 2 rings (SSSR count). The van der Waals surface area contributed by atoms with Crippen molar-refractivity contribution in [1.82, 2.24) is 0 Å². The van der Waals surface area contributed by atoms with Crippen molar-refractivity contribution in [3.8, 4) is 11.1 Å². The van der Waals surface area contributed by atoms with E-state index >= 15 is 0 Å². The van der Waals surface area contributed by atoms with E-state index in [4.69, 9.17) is 5.11 Å². The Morgan fingerprint density at radius 1 is 1.06 bits per heavy atom. The summed E-state index contributed by atoms with van der Waals surface area (Å²) in [4.78, 5) is 10.8. The van der Waals surface area contributed by atoms with Crippen LogP contribution in [0.15, 0.2) is 36.4 Å². The van der Waals surface area contributed by atoms with Gasteiger partial charge < -0.3 is 5.11 Å². The van der Waals surface area contributed by atoms with Gasteiger partial charge in [-0.3, -0.25) is 0 Å². The van der Waals surface area contributed by atoms with E-state index in [1.54, 1.807) is 13.0 Å². The minimum Gasteiger partial charge on any atom is -0.478 e. The number of aromatic carboxylic acids is 1. The molecule has 92 valence electrons. The average Bonchev–Trinajstić information content (AvgIpc) is 2.33. The molecule has 2 aromatic rings. The lowest BCUT2D eigenvalue weighted by Crippen LogP contribution is -1.98. The Kier molecular flexibility index (Phi) is 3.10. The Labute approximate surface area is 103 Å². The van der Waals surface area contributed by atoms with Gasteiger partial charge in [-0.1, -0.05) is 12.1 Å². The van der Waals surface area contributed by atoms with Gasteiger partial charge in [-0.15, -0.1) is 0 Å². The first-order valence-corrected chi connectivity index (χ1v) is 5.28. The molecule has 0 fully saturated rings. The molecule has 0 atom stereocenters. The first-order valence-electron chi connectivity index (χ1n) is 5.28. The highest BCUT2D eigenvalue weighted by Crippen LogP contribution is 2.25. The van der Waals surface area contributed by atoms with Gasteiger partial charge in [0.05, 0.1) is 5.56 Å². The van der Waals surface area contributed by atoms with E-state index in [1.165, 1.54) is 24.3 Å². The second-order valence-corrected chi connectivity index (χ2v) is 3.96. The lowest BCUT2D eigenvalue weighted by molar-refractivity contribution is 0.0697. The average molecular weight is 248 g/mol. The third kappa shape index (κ3) is 2.22. The number of carbonyl (C=O) groups is 1. The number of hydrogen-bond acceptors (Lipinski definition) is 1. The van der Waals surface area contributed by atoms with Gasteiger partial charge in [0.1, 0.15) is 11.6 Å². The van der Waals surface area contributed by atoms with Gasteiger partial charge in [0.2, 0.25) is 0 Å². The number of benzene rings is 2. The van der Waals surface area contributed by atoms with Crippen molar-refractivity contribution in [2.24, 2.45) is 0 Å². The number of rotatable bonds is 2.